The molecule has 1 fully saturated rings. The SMILES string of the molecule is COc1cc(CN2CCN(CC(=O)Nc3ccccc3)CC2)c([N+](=O)[O-])cc1OC(F)F. The minimum Gasteiger partial charge on any atom is -0.493 e. The Hall–Kier alpha value is -3.31. The first kappa shape index (κ1) is 23.4. The molecule has 2 aromatic rings. The number of methoxy groups -OCH3 is 1. The smallest absolute Gasteiger partial charge is 0.387 e. The summed E-state index contributed by atoms with van der Waals surface area (Å²) in [7, 11) is 1.28. The first-order chi connectivity index (χ1) is 15.4. The number of rotatable bonds is 9. The Balaban J connectivity index is 1.59. The van der Waals surface area contributed by atoms with Gasteiger partial charge in [0, 0.05) is 44.0 Å². The first-order valence-electron chi connectivity index (χ1n) is 9.95. The number of nitrogens with zero attached hydrogens (tertiary/aromatic N) is 3. The number of carbonyl (C=O) groups is 1. The van der Waals surface area contributed by atoms with Gasteiger partial charge in [0.1, 0.15) is 0 Å². The number of carbonyl (C=O) groups excluding carboxylic acids is 1. The summed E-state index contributed by atoms with van der Waals surface area (Å²) in [6, 6.07) is 11.5. The summed E-state index contributed by atoms with van der Waals surface area (Å²) in [6.07, 6.45) is 0. The quantitative estimate of drug-likeness (QED) is 0.463. The average molecular weight is 450 g/mol. The van der Waals surface area contributed by atoms with E-state index in [4.69, 9.17) is 4.74 Å². The predicted molar refractivity (Wildman–Crippen MR) is 113 cm³/mol. The first-order valence-corrected chi connectivity index (χ1v) is 9.95. The topological polar surface area (TPSA) is 97.2 Å². The molecule has 1 N–H and O–H groups in total. The van der Waals surface area contributed by atoms with E-state index in [1.807, 2.05) is 40.1 Å². The maximum atomic E-state index is 12.6. The molecule has 0 aliphatic carbocycles. The van der Waals surface area contributed by atoms with Gasteiger partial charge in [-0.15, -0.1) is 0 Å². The van der Waals surface area contributed by atoms with Gasteiger partial charge in [-0.25, -0.2) is 0 Å². The lowest BCUT2D eigenvalue weighted by Gasteiger charge is -2.34. The van der Waals surface area contributed by atoms with Crippen LogP contribution in [0.15, 0.2) is 42.5 Å². The fraction of sp³-hybridized carbons (Fsp3) is 0.381. The summed E-state index contributed by atoms with van der Waals surface area (Å²) in [6.45, 7) is -0.232. The second kappa shape index (κ2) is 10.8. The Kier molecular flexibility index (Phi) is 7.90. The van der Waals surface area contributed by atoms with E-state index < -0.39 is 11.5 Å². The minimum atomic E-state index is -3.12. The van der Waals surface area contributed by atoms with Gasteiger partial charge in [0.05, 0.1) is 24.6 Å². The van der Waals surface area contributed by atoms with E-state index in [1.165, 1.54) is 13.2 Å². The van der Waals surface area contributed by atoms with Crippen molar-refractivity contribution in [3.8, 4) is 11.5 Å². The molecule has 1 amide bonds. The number of nitro groups is 1. The van der Waals surface area contributed by atoms with E-state index in [9.17, 15) is 23.7 Å². The molecule has 0 spiro atoms. The molecule has 11 heteroatoms. The Morgan fingerprint density at radius 3 is 2.38 bits per heavy atom. The number of amides is 1. The minimum absolute atomic E-state index is 0.00196. The van der Waals surface area contributed by atoms with Gasteiger partial charge < -0.3 is 14.8 Å². The van der Waals surface area contributed by atoms with E-state index >= 15 is 0 Å². The molecule has 0 saturated carbocycles. The zero-order valence-corrected chi connectivity index (χ0v) is 17.5. The number of alkyl halides is 2. The number of anilines is 1. The van der Waals surface area contributed by atoms with Gasteiger partial charge in [-0.1, -0.05) is 18.2 Å². The molecule has 0 bridgehead atoms. The molecule has 0 atom stereocenters. The number of hydrogen-bond acceptors (Lipinski definition) is 7. The number of nitro benzene ring substituents is 1. The van der Waals surface area contributed by atoms with Crippen LogP contribution in [-0.2, 0) is 11.3 Å². The van der Waals surface area contributed by atoms with Crippen LogP contribution in [0.5, 0.6) is 11.5 Å². The predicted octanol–water partition coefficient (Wildman–Crippen LogP) is 2.96. The van der Waals surface area contributed by atoms with E-state index in [2.05, 4.69) is 10.1 Å². The Morgan fingerprint density at radius 1 is 1.12 bits per heavy atom. The molecule has 1 saturated heterocycles. The molecule has 2 aromatic carbocycles. The number of piperazine rings is 1. The van der Waals surface area contributed by atoms with Crippen molar-refractivity contribution in [3.05, 3.63) is 58.1 Å². The van der Waals surface area contributed by atoms with Crippen LogP contribution >= 0.6 is 0 Å². The van der Waals surface area contributed by atoms with Crippen LogP contribution in [0.1, 0.15) is 5.56 Å². The van der Waals surface area contributed by atoms with Crippen molar-refractivity contribution in [2.75, 3.05) is 45.2 Å². The van der Waals surface area contributed by atoms with Gasteiger partial charge in [0.15, 0.2) is 11.5 Å². The zero-order valence-electron chi connectivity index (χ0n) is 17.5. The lowest BCUT2D eigenvalue weighted by molar-refractivity contribution is -0.385. The maximum absolute atomic E-state index is 12.6. The fourth-order valence-electron chi connectivity index (χ4n) is 3.51. The third kappa shape index (κ3) is 6.34. The largest absolute Gasteiger partial charge is 0.493 e. The highest BCUT2D eigenvalue weighted by Crippen LogP contribution is 2.36. The molecule has 0 aromatic heterocycles. The summed E-state index contributed by atoms with van der Waals surface area (Å²) in [5.41, 5.74) is 0.756. The monoisotopic (exact) mass is 450 g/mol. The highest BCUT2D eigenvalue weighted by molar-refractivity contribution is 5.92. The number of halogens is 2. The van der Waals surface area contributed by atoms with Crippen molar-refractivity contribution >= 4 is 17.3 Å². The van der Waals surface area contributed by atoms with E-state index in [0.717, 1.165) is 11.8 Å². The molecule has 3 rings (SSSR count). The lowest BCUT2D eigenvalue weighted by Crippen LogP contribution is -2.48. The van der Waals surface area contributed by atoms with Crippen molar-refractivity contribution in [2.45, 2.75) is 13.2 Å². The lowest BCUT2D eigenvalue weighted by atomic mass is 10.1. The average Bonchev–Trinajstić information content (AvgIpc) is 2.76. The number of para-hydroxylation sites is 1. The van der Waals surface area contributed by atoms with Gasteiger partial charge in [0.25, 0.3) is 5.69 Å². The van der Waals surface area contributed by atoms with Gasteiger partial charge in [-0.05, 0) is 18.2 Å². The third-order valence-electron chi connectivity index (χ3n) is 5.06. The molecule has 1 heterocycles. The second-order valence-electron chi connectivity index (χ2n) is 7.23. The molecule has 1 aliphatic heterocycles. The summed E-state index contributed by atoms with van der Waals surface area (Å²) in [5, 5.41) is 14.3. The normalized spacial score (nSPS) is 14.9. The molecule has 0 unspecified atom stereocenters. The number of ether oxygens (including phenoxy) is 2. The van der Waals surface area contributed by atoms with Crippen LogP contribution in [0.2, 0.25) is 0 Å². The van der Waals surface area contributed by atoms with E-state index in [1.54, 1.807) is 0 Å². The van der Waals surface area contributed by atoms with Crippen LogP contribution < -0.4 is 14.8 Å². The number of benzene rings is 2. The fourth-order valence-corrected chi connectivity index (χ4v) is 3.51. The van der Waals surface area contributed by atoms with Crippen molar-refractivity contribution in [1.29, 1.82) is 0 Å². The molecular formula is C21H24F2N4O5. The summed E-state index contributed by atoms with van der Waals surface area (Å²) in [5.74, 6) is -0.492. The van der Waals surface area contributed by atoms with Gasteiger partial charge >= 0.3 is 6.61 Å². The third-order valence-corrected chi connectivity index (χ3v) is 5.06. The van der Waals surface area contributed by atoms with Crippen molar-refractivity contribution in [3.63, 3.8) is 0 Å². The van der Waals surface area contributed by atoms with Gasteiger partial charge in [-0.3, -0.25) is 24.7 Å². The molecular weight excluding hydrogens is 426 g/mol. The maximum Gasteiger partial charge on any atom is 0.387 e. The Morgan fingerprint density at radius 2 is 1.78 bits per heavy atom. The highest BCUT2D eigenvalue weighted by Gasteiger charge is 2.25. The number of hydrogen-bond donors (Lipinski definition) is 1. The molecule has 172 valence electrons. The van der Waals surface area contributed by atoms with Crippen LogP contribution in [0.3, 0.4) is 0 Å². The second-order valence-corrected chi connectivity index (χ2v) is 7.23. The number of nitrogens with one attached hydrogen (secondary N) is 1. The molecule has 1 aliphatic rings. The van der Waals surface area contributed by atoms with E-state index in [-0.39, 0.29) is 36.2 Å². The molecule has 0 radical (unpaired) electrons. The Labute approximate surface area is 183 Å². The van der Waals surface area contributed by atoms with Crippen molar-refractivity contribution in [2.24, 2.45) is 0 Å². The van der Waals surface area contributed by atoms with Crippen LogP contribution in [0.4, 0.5) is 20.2 Å². The van der Waals surface area contributed by atoms with Gasteiger partial charge in [0.2, 0.25) is 5.91 Å². The summed E-state index contributed by atoms with van der Waals surface area (Å²) >= 11 is 0. The molecule has 32 heavy (non-hydrogen) atoms. The highest BCUT2D eigenvalue weighted by atomic mass is 19.3. The van der Waals surface area contributed by atoms with Crippen molar-refractivity contribution in [1.82, 2.24) is 9.80 Å². The Bertz CT molecular complexity index is 937. The van der Waals surface area contributed by atoms with E-state index in [0.29, 0.717) is 31.7 Å². The molecule has 9 nitrogen and oxygen atoms in total. The van der Waals surface area contributed by atoms with Crippen molar-refractivity contribution < 1.29 is 28.0 Å². The van der Waals surface area contributed by atoms with Crippen LogP contribution in [0.25, 0.3) is 0 Å². The van der Waals surface area contributed by atoms with Crippen LogP contribution in [-0.4, -0.2) is 67.1 Å². The zero-order chi connectivity index (χ0) is 23.1. The van der Waals surface area contributed by atoms with Crippen LogP contribution in [0, 0.1) is 10.1 Å². The van der Waals surface area contributed by atoms with Gasteiger partial charge in [-0.2, -0.15) is 8.78 Å². The summed E-state index contributed by atoms with van der Waals surface area (Å²) in [4.78, 5) is 27.1. The summed E-state index contributed by atoms with van der Waals surface area (Å²) < 4.78 is 34.6. The standard InChI is InChI=1S/C21H24F2N4O5/c1-31-18-11-15(17(27(29)30)12-19(18)32-21(22)23)13-25-7-9-26(10-8-25)14-20(28)24-16-5-3-2-4-6-16/h2-6,11-12,21H,7-10,13-14H2,1H3,(H,24,28).